The van der Waals surface area contributed by atoms with E-state index in [0.29, 0.717) is 37.9 Å². The topological polar surface area (TPSA) is 107 Å². The zero-order chi connectivity index (χ0) is 19.8. The Labute approximate surface area is 162 Å². The summed E-state index contributed by atoms with van der Waals surface area (Å²) in [5.41, 5.74) is 0.607. The van der Waals surface area contributed by atoms with Crippen molar-refractivity contribution in [1.82, 2.24) is 15.1 Å². The van der Waals surface area contributed by atoms with Gasteiger partial charge in [0.25, 0.3) is 5.91 Å². The van der Waals surface area contributed by atoms with Crippen molar-refractivity contribution in [2.75, 3.05) is 33.2 Å². The predicted molar refractivity (Wildman–Crippen MR) is 100 cm³/mol. The maximum atomic E-state index is 12.3. The third kappa shape index (κ3) is 6.35. The summed E-state index contributed by atoms with van der Waals surface area (Å²) in [6.45, 7) is 1.05. The zero-order valence-electron chi connectivity index (χ0n) is 15.3. The molecule has 1 aromatic heterocycles. The lowest BCUT2D eigenvalue weighted by molar-refractivity contribution is -0.147. The minimum absolute atomic E-state index is 0.0631. The van der Waals surface area contributed by atoms with Crippen LogP contribution in [0, 0.1) is 5.92 Å². The maximum Gasteiger partial charge on any atom is 0.308 e. The van der Waals surface area contributed by atoms with E-state index in [9.17, 15) is 19.2 Å². The van der Waals surface area contributed by atoms with Crippen LogP contribution in [0.4, 0.5) is 0 Å². The molecule has 2 heterocycles. The average molecular weight is 395 g/mol. The van der Waals surface area contributed by atoms with Gasteiger partial charge in [-0.05, 0) is 30.7 Å². The number of nitrogens with zero attached hydrogens (tertiary/aromatic N) is 2. The normalized spacial score (nSPS) is 16.6. The van der Waals surface area contributed by atoms with E-state index in [2.05, 4.69) is 5.32 Å². The van der Waals surface area contributed by atoms with Gasteiger partial charge in [-0.25, -0.2) is 0 Å². The first-order valence-corrected chi connectivity index (χ1v) is 9.87. The largest absolute Gasteiger partial charge is 0.481 e. The second kappa shape index (κ2) is 10.1. The Kier molecular flexibility index (Phi) is 7.78. The van der Waals surface area contributed by atoms with Crippen LogP contribution in [-0.4, -0.2) is 71.8 Å². The Morgan fingerprint density at radius 2 is 2.15 bits per heavy atom. The molecule has 1 saturated heterocycles. The van der Waals surface area contributed by atoms with E-state index in [1.54, 1.807) is 18.5 Å². The van der Waals surface area contributed by atoms with Gasteiger partial charge >= 0.3 is 5.97 Å². The van der Waals surface area contributed by atoms with Gasteiger partial charge in [0.05, 0.1) is 12.5 Å². The van der Waals surface area contributed by atoms with Crippen LogP contribution in [-0.2, 0) is 14.4 Å². The molecule has 0 aromatic carbocycles. The molecule has 27 heavy (non-hydrogen) atoms. The summed E-state index contributed by atoms with van der Waals surface area (Å²) in [6, 6.07) is 1.74. The number of carboxylic acids is 1. The van der Waals surface area contributed by atoms with Gasteiger partial charge in [-0.15, -0.1) is 0 Å². The molecule has 0 bridgehead atoms. The van der Waals surface area contributed by atoms with Gasteiger partial charge in [-0.2, -0.15) is 11.3 Å². The van der Waals surface area contributed by atoms with Crippen molar-refractivity contribution >= 4 is 35.0 Å². The monoisotopic (exact) mass is 395 g/mol. The Morgan fingerprint density at radius 1 is 1.37 bits per heavy atom. The molecule has 0 saturated carbocycles. The number of hydrogen-bond acceptors (Lipinski definition) is 5. The molecule has 1 unspecified atom stereocenters. The number of piperidine rings is 1. The van der Waals surface area contributed by atoms with E-state index in [0.717, 1.165) is 0 Å². The van der Waals surface area contributed by atoms with Crippen molar-refractivity contribution in [2.24, 2.45) is 5.92 Å². The molecule has 148 valence electrons. The summed E-state index contributed by atoms with van der Waals surface area (Å²) >= 11 is 1.44. The molecular weight excluding hydrogens is 370 g/mol. The lowest BCUT2D eigenvalue weighted by Crippen LogP contribution is -2.46. The fraction of sp³-hybridized carbons (Fsp3) is 0.556. The van der Waals surface area contributed by atoms with Crippen LogP contribution in [0.5, 0.6) is 0 Å². The molecular formula is C18H25N3O5S. The van der Waals surface area contributed by atoms with Gasteiger partial charge in [0.1, 0.15) is 0 Å². The molecule has 2 rings (SSSR count). The minimum atomic E-state index is -0.888. The summed E-state index contributed by atoms with van der Waals surface area (Å²) in [4.78, 5) is 50.2. The Morgan fingerprint density at radius 3 is 2.81 bits per heavy atom. The number of carbonyl (C=O) groups excluding carboxylic acids is 3. The molecule has 1 aliphatic rings. The predicted octanol–water partition coefficient (Wildman–Crippen LogP) is 1.04. The number of hydrogen-bond donors (Lipinski definition) is 2. The van der Waals surface area contributed by atoms with Crippen molar-refractivity contribution in [3.63, 3.8) is 0 Å². The van der Waals surface area contributed by atoms with Gasteiger partial charge in [0, 0.05) is 44.0 Å². The van der Waals surface area contributed by atoms with E-state index in [1.807, 2.05) is 5.38 Å². The first kappa shape index (κ1) is 20.9. The van der Waals surface area contributed by atoms with Crippen molar-refractivity contribution in [3.05, 3.63) is 22.4 Å². The van der Waals surface area contributed by atoms with Crippen LogP contribution in [0.2, 0.25) is 0 Å². The van der Waals surface area contributed by atoms with Crippen LogP contribution in [0.15, 0.2) is 16.8 Å². The third-order valence-electron chi connectivity index (χ3n) is 4.56. The molecule has 0 aliphatic carbocycles. The van der Waals surface area contributed by atoms with Crippen LogP contribution >= 0.6 is 11.3 Å². The quantitative estimate of drug-likeness (QED) is 0.640. The highest BCUT2D eigenvalue weighted by Gasteiger charge is 2.28. The van der Waals surface area contributed by atoms with Crippen molar-refractivity contribution in [2.45, 2.75) is 25.7 Å². The lowest BCUT2D eigenvalue weighted by atomic mass is 9.98. The number of likely N-dealkylation sites (N-methyl/N-ethyl adjacent to an activating group) is 1. The molecule has 0 spiro atoms. The number of carboxylic acid groups (broad SMARTS) is 1. The van der Waals surface area contributed by atoms with E-state index in [-0.39, 0.29) is 37.2 Å². The number of amides is 3. The van der Waals surface area contributed by atoms with Crippen LogP contribution < -0.4 is 5.32 Å². The van der Waals surface area contributed by atoms with Crippen molar-refractivity contribution < 1.29 is 24.3 Å². The zero-order valence-corrected chi connectivity index (χ0v) is 16.2. The van der Waals surface area contributed by atoms with Crippen molar-refractivity contribution in [1.29, 1.82) is 0 Å². The summed E-state index contributed by atoms with van der Waals surface area (Å²) < 4.78 is 0. The van der Waals surface area contributed by atoms with Crippen LogP contribution in [0.25, 0.3) is 0 Å². The summed E-state index contributed by atoms with van der Waals surface area (Å²) in [6.07, 6.45) is 1.94. The summed E-state index contributed by atoms with van der Waals surface area (Å²) in [5.74, 6) is -2.00. The average Bonchev–Trinajstić information content (AvgIpc) is 3.19. The van der Waals surface area contributed by atoms with E-state index >= 15 is 0 Å². The lowest BCUT2D eigenvalue weighted by Gasteiger charge is -2.32. The number of likely N-dealkylation sites (tertiary alicyclic amines) is 1. The fourth-order valence-corrected chi connectivity index (χ4v) is 3.56. The van der Waals surface area contributed by atoms with Crippen LogP contribution in [0.1, 0.15) is 36.0 Å². The standard InChI is InChI=1S/C18H25N3O5S/c1-20(11-16(23)21-8-3-4-13(10-21)18(25)26)15(22)5-2-7-19-17(24)14-6-9-27-12-14/h6,9,12-13H,2-5,7-8,10-11H2,1H3,(H,19,24)(H,25,26). The van der Waals surface area contributed by atoms with Gasteiger partial charge in [-0.1, -0.05) is 0 Å². The molecule has 2 N–H and O–H groups in total. The number of nitrogens with one attached hydrogen (secondary N) is 1. The first-order valence-electron chi connectivity index (χ1n) is 8.93. The number of rotatable bonds is 8. The Balaban J connectivity index is 1.68. The number of carbonyl (C=O) groups is 4. The van der Waals surface area contributed by atoms with E-state index in [4.69, 9.17) is 5.11 Å². The van der Waals surface area contributed by atoms with E-state index < -0.39 is 11.9 Å². The molecule has 1 aromatic rings. The minimum Gasteiger partial charge on any atom is -0.481 e. The van der Waals surface area contributed by atoms with Gasteiger partial charge in [0.15, 0.2) is 0 Å². The second-order valence-electron chi connectivity index (χ2n) is 6.64. The molecule has 3 amide bonds. The first-order chi connectivity index (χ1) is 12.9. The van der Waals surface area contributed by atoms with Gasteiger partial charge in [-0.3, -0.25) is 19.2 Å². The van der Waals surface area contributed by atoms with Crippen LogP contribution in [0.3, 0.4) is 0 Å². The Bertz CT molecular complexity index is 677. The number of aliphatic carboxylic acids is 1. The summed E-state index contributed by atoms with van der Waals surface area (Å²) in [5, 5.41) is 15.4. The van der Waals surface area contributed by atoms with E-state index in [1.165, 1.54) is 21.1 Å². The second-order valence-corrected chi connectivity index (χ2v) is 7.42. The van der Waals surface area contributed by atoms with Gasteiger partial charge < -0.3 is 20.2 Å². The fourth-order valence-electron chi connectivity index (χ4n) is 2.92. The molecule has 1 fully saturated rings. The van der Waals surface area contributed by atoms with Crippen molar-refractivity contribution in [3.8, 4) is 0 Å². The highest BCUT2D eigenvalue weighted by molar-refractivity contribution is 7.08. The molecule has 9 heteroatoms. The highest BCUT2D eigenvalue weighted by Crippen LogP contribution is 2.17. The third-order valence-corrected chi connectivity index (χ3v) is 5.24. The molecule has 8 nitrogen and oxygen atoms in total. The van der Waals surface area contributed by atoms with Gasteiger partial charge in [0.2, 0.25) is 11.8 Å². The highest BCUT2D eigenvalue weighted by atomic mass is 32.1. The number of thiophene rings is 1. The Hall–Kier alpha value is -2.42. The summed E-state index contributed by atoms with van der Waals surface area (Å²) in [7, 11) is 1.56. The maximum absolute atomic E-state index is 12.3. The smallest absolute Gasteiger partial charge is 0.308 e. The molecule has 1 aliphatic heterocycles. The molecule has 1 atom stereocenters. The molecule has 0 radical (unpaired) electrons. The SMILES string of the molecule is CN(CC(=O)N1CCCC(C(=O)O)C1)C(=O)CCCNC(=O)c1ccsc1.